The molecule has 0 aliphatic rings. The van der Waals surface area contributed by atoms with Crippen LogP contribution in [0.5, 0.6) is 0 Å². The van der Waals surface area contributed by atoms with Crippen LogP contribution in [-0.2, 0) is 11.2 Å². The van der Waals surface area contributed by atoms with E-state index in [0.29, 0.717) is 23.7 Å². The Kier molecular flexibility index (Phi) is 5.11. The van der Waals surface area contributed by atoms with Gasteiger partial charge in [0.15, 0.2) is 0 Å². The highest BCUT2D eigenvalue weighted by Crippen LogP contribution is 2.22. The molecule has 0 radical (unpaired) electrons. The van der Waals surface area contributed by atoms with Crippen molar-refractivity contribution in [1.29, 1.82) is 0 Å². The van der Waals surface area contributed by atoms with Crippen LogP contribution in [0.15, 0.2) is 40.9 Å². The number of halogens is 1. The number of anilines is 1. The third kappa shape index (κ3) is 4.14. The van der Waals surface area contributed by atoms with Crippen LogP contribution in [0.2, 0.25) is 0 Å². The summed E-state index contributed by atoms with van der Waals surface area (Å²) in [4.78, 5) is 16.5. The summed E-state index contributed by atoms with van der Waals surface area (Å²) < 4.78 is 18.4. The first-order valence-electron chi connectivity index (χ1n) is 8.38. The Bertz CT molecular complexity index is 927. The van der Waals surface area contributed by atoms with Crippen LogP contribution in [0.1, 0.15) is 29.0 Å². The Morgan fingerprint density at radius 1 is 1.15 bits per heavy atom. The van der Waals surface area contributed by atoms with Gasteiger partial charge in [0.1, 0.15) is 5.82 Å². The van der Waals surface area contributed by atoms with E-state index in [2.05, 4.69) is 15.5 Å². The van der Waals surface area contributed by atoms with Crippen molar-refractivity contribution < 1.29 is 13.7 Å². The number of aromatic nitrogens is 2. The molecule has 2 aromatic carbocycles. The quantitative estimate of drug-likeness (QED) is 0.739. The van der Waals surface area contributed by atoms with Gasteiger partial charge in [0.25, 0.3) is 0 Å². The second-order valence-electron chi connectivity index (χ2n) is 6.34. The second-order valence-corrected chi connectivity index (χ2v) is 6.34. The van der Waals surface area contributed by atoms with E-state index in [9.17, 15) is 9.18 Å². The van der Waals surface area contributed by atoms with Gasteiger partial charge in [0, 0.05) is 24.1 Å². The fourth-order valence-corrected chi connectivity index (χ4v) is 2.90. The first kappa shape index (κ1) is 17.8. The molecule has 0 bridgehead atoms. The summed E-state index contributed by atoms with van der Waals surface area (Å²) in [5.41, 5.74) is 4.60. The van der Waals surface area contributed by atoms with Crippen LogP contribution in [0.4, 0.5) is 10.1 Å². The molecule has 1 aromatic heterocycles. The molecule has 0 saturated carbocycles. The summed E-state index contributed by atoms with van der Waals surface area (Å²) in [6.07, 6.45) is 0.537. The van der Waals surface area contributed by atoms with Crippen LogP contribution in [0.25, 0.3) is 11.4 Å². The lowest BCUT2D eigenvalue weighted by Crippen LogP contribution is -2.14. The third-order valence-corrected chi connectivity index (χ3v) is 4.06. The van der Waals surface area contributed by atoms with Gasteiger partial charge in [0.2, 0.25) is 17.6 Å². The van der Waals surface area contributed by atoms with Crippen molar-refractivity contribution in [1.82, 2.24) is 10.1 Å². The molecule has 26 heavy (non-hydrogen) atoms. The lowest BCUT2D eigenvalue weighted by Gasteiger charge is -2.12. The van der Waals surface area contributed by atoms with Gasteiger partial charge >= 0.3 is 0 Å². The third-order valence-electron chi connectivity index (χ3n) is 4.06. The number of nitrogens with zero attached hydrogens (tertiary/aromatic N) is 2. The Morgan fingerprint density at radius 3 is 2.58 bits per heavy atom. The molecule has 0 aliphatic heterocycles. The van der Waals surface area contributed by atoms with E-state index in [1.807, 2.05) is 32.9 Å². The van der Waals surface area contributed by atoms with Crippen LogP contribution in [0, 0.1) is 26.6 Å². The zero-order valence-electron chi connectivity index (χ0n) is 15.0. The van der Waals surface area contributed by atoms with Crippen molar-refractivity contribution in [2.45, 2.75) is 33.6 Å². The predicted molar refractivity (Wildman–Crippen MR) is 97.3 cm³/mol. The van der Waals surface area contributed by atoms with E-state index < -0.39 is 0 Å². The Labute approximate surface area is 151 Å². The number of hydrogen-bond acceptors (Lipinski definition) is 4. The van der Waals surface area contributed by atoms with Gasteiger partial charge in [-0.25, -0.2) is 4.39 Å². The average molecular weight is 353 g/mol. The smallest absolute Gasteiger partial charge is 0.227 e. The maximum atomic E-state index is 13.3. The molecule has 0 fully saturated rings. The Hall–Kier alpha value is -3.02. The molecular weight excluding hydrogens is 333 g/mol. The van der Waals surface area contributed by atoms with Crippen molar-refractivity contribution in [3.63, 3.8) is 0 Å². The highest BCUT2D eigenvalue weighted by Gasteiger charge is 2.13. The first-order chi connectivity index (χ1) is 12.4. The summed E-state index contributed by atoms with van der Waals surface area (Å²) in [5, 5.41) is 6.79. The maximum absolute atomic E-state index is 13.3. The standard InChI is InChI=1S/C20H20FN3O2/c1-12-9-13(2)19(14(3)10-12)22-17(25)7-8-18-23-20(24-26-18)15-5-4-6-16(21)11-15/h4-6,9-11H,7-8H2,1-3H3,(H,22,25). The van der Waals surface area contributed by atoms with Gasteiger partial charge in [0.05, 0.1) is 0 Å². The van der Waals surface area contributed by atoms with Gasteiger partial charge in [-0.05, 0) is 44.0 Å². The monoisotopic (exact) mass is 353 g/mol. The van der Waals surface area contributed by atoms with Crippen molar-refractivity contribution in [3.8, 4) is 11.4 Å². The minimum absolute atomic E-state index is 0.120. The minimum Gasteiger partial charge on any atom is -0.339 e. The number of carbonyl (C=O) groups excluding carboxylic acids is 1. The van der Waals surface area contributed by atoms with Crippen molar-refractivity contribution in [2.75, 3.05) is 5.32 Å². The highest BCUT2D eigenvalue weighted by atomic mass is 19.1. The largest absolute Gasteiger partial charge is 0.339 e. The average Bonchev–Trinajstić information content (AvgIpc) is 3.05. The first-order valence-corrected chi connectivity index (χ1v) is 8.38. The number of amides is 1. The van der Waals surface area contributed by atoms with E-state index in [4.69, 9.17) is 4.52 Å². The van der Waals surface area contributed by atoms with Crippen LogP contribution >= 0.6 is 0 Å². The fraction of sp³-hybridized carbons (Fsp3) is 0.250. The van der Waals surface area contributed by atoms with Crippen molar-refractivity contribution in [3.05, 3.63) is 64.8 Å². The summed E-state index contributed by atoms with van der Waals surface area (Å²) >= 11 is 0. The van der Waals surface area contributed by atoms with E-state index in [-0.39, 0.29) is 18.1 Å². The lowest BCUT2D eigenvalue weighted by molar-refractivity contribution is -0.116. The molecule has 134 valence electrons. The van der Waals surface area contributed by atoms with E-state index >= 15 is 0 Å². The van der Waals surface area contributed by atoms with Gasteiger partial charge in [-0.1, -0.05) is 35.0 Å². The lowest BCUT2D eigenvalue weighted by atomic mass is 10.0. The number of hydrogen-bond donors (Lipinski definition) is 1. The number of aryl methyl sites for hydroxylation is 4. The Balaban J connectivity index is 1.62. The summed E-state index contributed by atoms with van der Waals surface area (Å²) in [6, 6.07) is 10.0. The fourth-order valence-electron chi connectivity index (χ4n) is 2.90. The van der Waals surface area contributed by atoms with Gasteiger partial charge < -0.3 is 9.84 Å². The topological polar surface area (TPSA) is 68.0 Å². The number of nitrogens with one attached hydrogen (secondary N) is 1. The molecule has 3 rings (SSSR count). The minimum atomic E-state index is -0.364. The number of carbonyl (C=O) groups is 1. The molecule has 1 heterocycles. The SMILES string of the molecule is Cc1cc(C)c(NC(=O)CCc2nc(-c3cccc(F)c3)no2)c(C)c1. The molecule has 0 saturated heterocycles. The molecule has 0 unspecified atom stereocenters. The van der Waals surface area contributed by atoms with Crippen LogP contribution < -0.4 is 5.32 Å². The zero-order valence-corrected chi connectivity index (χ0v) is 15.0. The van der Waals surface area contributed by atoms with Gasteiger partial charge in [-0.3, -0.25) is 4.79 Å². The van der Waals surface area contributed by atoms with Gasteiger partial charge in [-0.15, -0.1) is 0 Å². The molecule has 0 atom stereocenters. The van der Waals surface area contributed by atoms with Crippen molar-refractivity contribution in [2.24, 2.45) is 0 Å². The second kappa shape index (κ2) is 7.47. The summed E-state index contributed by atoms with van der Waals surface area (Å²) in [5.74, 6) is 0.171. The molecule has 0 aliphatic carbocycles. The summed E-state index contributed by atoms with van der Waals surface area (Å²) in [6.45, 7) is 5.97. The van der Waals surface area contributed by atoms with E-state index in [1.165, 1.54) is 12.1 Å². The Morgan fingerprint density at radius 2 is 1.88 bits per heavy atom. The molecular formula is C20H20FN3O2. The maximum Gasteiger partial charge on any atom is 0.227 e. The van der Waals surface area contributed by atoms with E-state index in [1.54, 1.807) is 12.1 Å². The molecule has 6 heteroatoms. The highest BCUT2D eigenvalue weighted by molar-refractivity contribution is 5.92. The molecule has 1 N–H and O–H groups in total. The van der Waals surface area contributed by atoms with Crippen LogP contribution in [0.3, 0.4) is 0 Å². The molecule has 3 aromatic rings. The number of benzene rings is 2. The van der Waals surface area contributed by atoms with E-state index in [0.717, 1.165) is 22.4 Å². The zero-order chi connectivity index (χ0) is 18.7. The summed E-state index contributed by atoms with van der Waals surface area (Å²) in [7, 11) is 0. The predicted octanol–water partition coefficient (Wildman–Crippen LogP) is 4.37. The van der Waals surface area contributed by atoms with Gasteiger partial charge in [-0.2, -0.15) is 4.98 Å². The van der Waals surface area contributed by atoms with Crippen LogP contribution in [-0.4, -0.2) is 16.0 Å². The normalized spacial score (nSPS) is 10.8. The number of rotatable bonds is 5. The van der Waals surface area contributed by atoms with Crippen molar-refractivity contribution >= 4 is 11.6 Å². The molecule has 1 amide bonds. The molecule has 0 spiro atoms. The molecule has 5 nitrogen and oxygen atoms in total.